The fourth-order valence-electron chi connectivity index (χ4n) is 2.61. The third kappa shape index (κ3) is 7.23. The Bertz CT molecular complexity index is 856. The summed E-state index contributed by atoms with van der Waals surface area (Å²) in [5, 5.41) is 3.16. The van der Waals surface area contributed by atoms with Gasteiger partial charge in [-0.05, 0) is 35.9 Å². The Balaban J connectivity index is 2.15. The second kappa shape index (κ2) is 11.0. The summed E-state index contributed by atoms with van der Waals surface area (Å²) in [6, 6.07) is 10.5. The Hall–Kier alpha value is -2.29. The number of rotatable bonds is 9. The molecule has 0 aliphatic carbocycles. The number of nitrogens with one attached hydrogen (secondary N) is 1. The molecule has 0 heterocycles. The van der Waals surface area contributed by atoms with Crippen molar-refractivity contribution in [3.8, 4) is 11.5 Å². The van der Waals surface area contributed by atoms with E-state index in [-0.39, 0.29) is 19.0 Å². The predicted octanol–water partition coefficient (Wildman–Crippen LogP) is 3.73. The van der Waals surface area contributed by atoms with E-state index in [2.05, 4.69) is 21.2 Å². The number of benzene rings is 2. The van der Waals surface area contributed by atoms with Gasteiger partial charge in [-0.3, -0.25) is 14.5 Å². The molecule has 1 amide bonds. The van der Waals surface area contributed by atoms with Crippen molar-refractivity contribution in [3.05, 3.63) is 51.5 Å². The Kier molecular flexibility index (Phi) is 8.75. The molecule has 156 valence electrons. The van der Waals surface area contributed by atoms with Gasteiger partial charge in [0.15, 0.2) is 0 Å². The zero-order chi connectivity index (χ0) is 21.4. The summed E-state index contributed by atoms with van der Waals surface area (Å²) >= 11 is 9.47. The zero-order valence-electron chi connectivity index (χ0n) is 16.3. The van der Waals surface area contributed by atoms with Crippen LogP contribution < -0.4 is 14.8 Å². The minimum Gasteiger partial charge on any atom is -0.497 e. The van der Waals surface area contributed by atoms with Crippen LogP contribution in [0.25, 0.3) is 0 Å². The molecule has 2 rings (SSSR count). The van der Waals surface area contributed by atoms with Crippen molar-refractivity contribution in [1.82, 2.24) is 4.90 Å². The van der Waals surface area contributed by atoms with E-state index < -0.39 is 5.97 Å². The van der Waals surface area contributed by atoms with E-state index in [0.29, 0.717) is 28.8 Å². The highest BCUT2D eigenvalue weighted by Crippen LogP contribution is 2.26. The quantitative estimate of drug-likeness (QED) is 0.545. The van der Waals surface area contributed by atoms with Crippen molar-refractivity contribution in [1.29, 1.82) is 0 Å². The first-order valence-electron chi connectivity index (χ1n) is 8.60. The number of amides is 1. The minimum absolute atomic E-state index is 0.0407. The lowest BCUT2D eigenvalue weighted by Gasteiger charge is -2.21. The molecule has 0 saturated carbocycles. The smallest absolute Gasteiger partial charge is 0.319 e. The van der Waals surface area contributed by atoms with Gasteiger partial charge in [0.05, 0.1) is 45.1 Å². The highest BCUT2D eigenvalue weighted by atomic mass is 79.9. The van der Waals surface area contributed by atoms with Crippen molar-refractivity contribution in [2.75, 3.05) is 39.7 Å². The first kappa shape index (κ1) is 23.0. The molecule has 0 aliphatic heterocycles. The van der Waals surface area contributed by atoms with Crippen LogP contribution in [-0.2, 0) is 20.9 Å². The monoisotopic (exact) mass is 484 g/mol. The first-order chi connectivity index (χ1) is 13.8. The van der Waals surface area contributed by atoms with Crippen LogP contribution >= 0.6 is 27.5 Å². The van der Waals surface area contributed by atoms with E-state index in [1.807, 2.05) is 12.1 Å². The van der Waals surface area contributed by atoms with E-state index in [0.717, 1.165) is 10.0 Å². The summed E-state index contributed by atoms with van der Waals surface area (Å²) in [6.45, 7) is 0.211. The normalized spacial score (nSPS) is 10.6. The van der Waals surface area contributed by atoms with Gasteiger partial charge in [-0.15, -0.1) is 0 Å². The van der Waals surface area contributed by atoms with Gasteiger partial charge >= 0.3 is 5.97 Å². The lowest BCUT2D eigenvalue weighted by molar-refractivity contribution is -0.142. The molecule has 0 atom stereocenters. The summed E-state index contributed by atoms with van der Waals surface area (Å²) in [5.41, 5.74) is 1.31. The third-order valence-electron chi connectivity index (χ3n) is 3.97. The zero-order valence-corrected chi connectivity index (χ0v) is 18.7. The molecular weight excluding hydrogens is 464 g/mol. The molecule has 0 fully saturated rings. The predicted molar refractivity (Wildman–Crippen MR) is 115 cm³/mol. The molecule has 9 heteroatoms. The molecule has 0 saturated heterocycles. The maximum absolute atomic E-state index is 12.5. The summed E-state index contributed by atoms with van der Waals surface area (Å²) < 4.78 is 16.1. The van der Waals surface area contributed by atoms with Crippen LogP contribution in [0.5, 0.6) is 11.5 Å². The van der Waals surface area contributed by atoms with E-state index in [1.54, 1.807) is 43.4 Å². The number of hydrogen-bond donors (Lipinski definition) is 1. The molecule has 29 heavy (non-hydrogen) atoms. The standard InChI is InChI=1S/C20H22BrClN2O5/c1-27-15-6-13(7-16(9-15)28-2)10-24(12-20(26)29-3)11-19(25)23-18-5-4-14(21)8-17(18)22/h4-9H,10-12H2,1-3H3,(H,23,25). The van der Waals surface area contributed by atoms with Gasteiger partial charge in [-0.25, -0.2) is 0 Å². The van der Waals surface area contributed by atoms with Crippen LogP contribution in [0, 0.1) is 0 Å². The fourth-order valence-corrected chi connectivity index (χ4v) is 3.34. The molecule has 0 radical (unpaired) electrons. The van der Waals surface area contributed by atoms with Crippen molar-refractivity contribution in [2.45, 2.75) is 6.54 Å². The number of ether oxygens (including phenoxy) is 3. The molecule has 0 unspecified atom stereocenters. The molecule has 0 spiro atoms. The number of carbonyl (C=O) groups excluding carboxylic acids is 2. The Morgan fingerprint density at radius 2 is 1.69 bits per heavy atom. The number of nitrogens with zero attached hydrogens (tertiary/aromatic N) is 1. The van der Waals surface area contributed by atoms with Crippen LogP contribution in [0.4, 0.5) is 5.69 Å². The van der Waals surface area contributed by atoms with Crippen molar-refractivity contribution in [3.63, 3.8) is 0 Å². The number of halogens is 2. The fraction of sp³-hybridized carbons (Fsp3) is 0.300. The Labute approximate surface area is 183 Å². The maximum atomic E-state index is 12.5. The maximum Gasteiger partial charge on any atom is 0.319 e. The molecule has 2 aromatic carbocycles. The van der Waals surface area contributed by atoms with Crippen LogP contribution in [0.1, 0.15) is 5.56 Å². The second-order valence-corrected chi connectivity index (χ2v) is 7.44. The number of hydrogen-bond acceptors (Lipinski definition) is 6. The summed E-state index contributed by atoms with van der Waals surface area (Å²) in [5.74, 6) is 0.467. The molecule has 0 aliphatic rings. The first-order valence-corrected chi connectivity index (χ1v) is 9.77. The average Bonchev–Trinajstić information content (AvgIpc) is 2.69. The Morgan fingerprint density at radius 3 is 2.24 bits per heavy atom. The van der Waals surface area contributed by atoms with Crippen molar-refractivity contribution >= 4 is 45.1 Å². The number of carbonyl (C=O) groups is 2. The van der Waals surface area contributed by atoms with E-state index >= 15 is 0 Å². The lowest BCUT2D eigenvalue weighted by atomic mass is 10.2. The molecule has 1 N–H and O–H groups in total. The molecule has 2 aromatic rings. The van der Waals surface area contributed by atoms with E-state index in [9.17, 15) is 9.59 Å². The Morgan fingerprint density at radius 1 is 1.03 bits per heavy atom. The van der Waals surface area contributed by atoms with Crippen molar-refractivity contribution < 1.29 is 23.8 Å². The highest BCUT2D eigenvalue weighted by Gasteiger charge is 2.17. The SMILES string of the molecule is COC(=O)CN(CC(=O)Nc1ccc(Br)cc1Cl)Cc1cc(OC)cc(OC)c1. The topological polar surface area (TPSA) is 77.1 Å². The second-order valence-electron chi connectivity index (χ2n) is 6.11. The van der Waals surface area contributed by atoms with Gasteiger partial charge in [-0.1, -0.05) is 27.5 Å². The molecule has 0 aromatic heterocycles. The van der Waals surface area contributed by atoms with Gasteiger partial charge < -0.3 is 19.5 Å². The molecular formula is C20H22BrClN2O5. The van der Waals surface area contributed by atoms with Gasteiger partial charge in [0.2, 0.25) is 5.91 Å². The van der Waals surface area contributed by atoms with E-state index in [1.165, 1.54) is 7.11 Å². The number of methoxy groups -OCH3 is 3. The highest BCUT2D eigenvalue weighted by molar-refractivity contribution is 9.10. The number of anilines is 1. The largest absolute Gasteiger partial charge is 0.497 e. The van der Waals surface area contributed by atoms with Crippen LogP contribution in [0.3, 0.4) is 0 Å². The van der Waals surface area contributed by atoms with E-state index in [4.69, 9.17) is 25.8 Å². The van der Waals surface area contributed by atoms with Crippen LogP contribution in [-0.4, -0.2) is 51.2 Å². The van der Waals surface area contributed by atoms with Gasteiger partial charge in [0.1, 0.15) is 11.5 Å². The minimum atomic E-state index is -0.450. The summed E-state index contributed by atoms with van der Waals surface area (Å²) in [6.07, 6.45) is 0. The van der Waals surface area contributed by atoms with Crippen LogP contribution in [0.2, 0.25) is 5.02 Å². The number of esters is 1. The van der Waals surface area contributed by atoms with Gasteiger partial charge in [-0.2, -0.15) is 0 Å². The molecule has 7 nitrogen and oxygen atoms in total. The van der Waals surface area contributed by atoms with Crippen LogP contribution in [0.15, 0.2) is 40.9 Å². The lowest BCUT2D eigenvalue weighted by Crippen LogP contribution is -2.37. The summed E-state index contributed by atoms with van der Waals surface area (Å²) in [7, 11) is 4.41. The van der Waals surface area contributed by atoms with Gasteiger partial charge in [0.25, 0.3) is 0 Å². The molecule has 0 bridgehead atoms. The average molecular weight is 486 g/mol. The third-order valence-corrected chi connectivity index (χ3v) is 4.78. The van der Waals surface area contributed by atoms with Crippen molar-refractivity contribution in [2.24, 2.45) is 0 Å². The summed E-state index contributed by atoms with van der Waals surface area (Å²) in [4.78, 5) is 26.0. The van der Waals surface area contributed by atoms with Gasteiger partial charge in [0, 0.05) is 17.1 Å².